The fraction of sp³-hybridized carbons (Fsp3) is 0.571. The molecule has 0 spiro atoms. The molecule has 2 saturated heterocycles. The van der Waals surface area contributed by atoms with Gasteiger partial charge in [0, 0.05) is 24.8 Å². The summed E-state index contributed by atoms with van der Waals surface area (Å²) >= 11 is 5.16. The molecule has 3 heterocycles. The van der Waals surface area contributed by atoms with Crippen LogP contribution in [0.15, 0.2) is 12.3 Å². The maximum Gasteiger partial charge on any atom is 0.136 e. The summed E-state index contributed by atoms with van der Waals surface area (Å²) in [6.07, 6.45) is 5.59. The molecule has 1 aromatic heterocycles. The molecule has 0 amide bonds. The van der Waals surface area contributed by atoms with Crippen molar-refractivity contribution in [2.75, 3.05) is 18.4 Å². The smallest absolute Gasteiger partial charge is 0.136 e. The highest BCUT2D eigenvalue weighted by Gasteiger charge is 2.37. The molecule has 2 atom stereocenters. The largest absolute Gasteiger partial charge is 0.389 e. The van der Waals surface area contributed by atoms with Crippen LogP contribution in [0.2, 0.25) is 0 Å². The molecule has 3 rings (SSSR count). The number of aryl methyl sites for hydroxylation is 1. The second kappa shape index (κ2) is 5.06. The van der Waals surface area contributed by atoms with Crippen molar-refractivity contribution in [3.8, 4) is 0 Å². The lowest BCUT2D eigenvalue weighted by Gasteiger charge is -2.23. The van der Waals surface area contributed by atoms with Gasteiger partial charge < -0.3 is 11.1 Å². The minimum atomic E-state index is 0.425. The van der Waals surface area contributed by atoms with E-state index in [-0.39, 0.29) is 0 Å². The third-order valence-corrected chi connectivity index (χ3v) is 4.54. The van der Waals surface area contributed by atoms with Crippen LogP contribution in [0.5, 0.6) is 0 Å². The van der Waals surface area contributed by atoms with Gasteiger partial charge in [0.2, 0.25) is 0 Å². The van der Waals surface area contributed by atoms with Crippen LogP contribution >= 0.6 is 12.2 Å². The van der Waals surface area contributed by atoms with E-state index in [1.54, 1.807) is 0 Å². The van der Waals surface area contributed by atoms with Crippen LogP contribution < -0.4 is 11.1 Å². The first-order valence-corrected chi connectivity index (χ1v) is 7.33. The number of anilines is 1. The number of nitrogens with two attached hydrogens (primary N) is 1. The Bertz CT molecular complexity index is 502. The topological polar surface area (TPSA) is 54.2 Å². The average molecular weight is 276 g/mol. The quantitative estimate of drug-likeness (QED) is 0.823. The zero-order chi connectivity index (χ0) is 13.4. The SMILES string of the molecule is Cc1ccnc(NC2CCN3CCCC23)c1C(N)=S. The number of thiocarbonyl (C=S) groups is 1. The second-order valence-corrected chi connectivity index (χ2v) is 5.94. The Morgan fingerprint density at radius 3 is 3.11 bits per heavy atom. The molecular formula is C14H20N4S. The van der Waals surface area contributed by atoms with E-state index in [1.807, 2.05) is 19.2 Å². The summed E-state index contributed by atoms with van der Waals surface area (Å²) in [7, 11) is 0. The molecule has 0 aliphatic carbocycles. The van der Waals surface area contributed by atoms with Gasteiger partial charge in [0.05, 0.1) is 5.56 Å². The third kappa shape index (κ3) is 2.32. The van der Waals surface area contributed by atoms with Crippen LogP contribution in [0.1, 0.15) is 30.4 Å². The molecule has 2 aliphatic heterocycles. The molecule has 0 bridgehead atoms. The molecule has 1 aromatic rings. The van der Waals surface area contributed by atoms with Gasteiger partial charge in [-0.05, 0) is 44.4 Å². The number of nitrogens with one attached hydrogen (secondary N) is 1. The molecular weight excluding hydrogens is 256 g/mol. The normalized spacial score (nSPS) is 26.4. The first-order chi connectivity index (χ1) is 9.16. The number of rotatable bonds is 3. The highest BCUT2D eigenvalue weighted by molar-refractivity contribution is 7.80. The highest BCUT2D eigenvalue weighted by atomic mass is 32.1. The Labute approximate surface area is 119 Å². The fourth-order valence-corrected chi connectivity index (χ4v) is 3.66. The number of aromatic nitrogens is 1. The van der Waals surface area contributed by atoms with E-state index in [0.29, 0.717) is 17.1 Å². The molecule has 2 aliphatic rings. The van der Waals surface area contributed by atoms with Gasteiger partial charge in [-0.15, -0.1) is 0 Å². The lowest BCUT2D eigenvalue weighted by molar-refractivity contribution is 0.318. The summed E-state index contributed by atoms with van der Waals surface area (Å²) < 4.78 is 0. The first kappa shape index (κ1) is 12.8. The maximum atomic E-state index is 5.84. The van der Waals surface area contributed by atoms with Crippen molar-refractivity contribution < 1.29 is 0 Å². The van der Waals surface area contributed by atoms with Gasteiger partial charge in [0.15, 0.2) is 0 Å². The Balaban J connectivity index is 1.84. The summed E-state index contributed by atoms with van der Waals surface area (Å²) in [6, 6.07) is 3.09. The minimum Gasteiger partial charge on any atom is -0.389 e. The van der Waals surface area contributed by atoms with Crippen molar-refractivity contribution in [3.05, 3.63) is 23.4 Å². The van der Waals surface area contributed by atoms with Crippen molar-refractivity contribution >= 4 is 23.0 Å². The van der Waals surface area contributed by atoms with Crippen LogP contribution in [0.3, 0.4) is 0 Å². The average Bonchev–Trinajstić information content (AvgIpc) is 2.93. The molecule has 0 radical (unpaired) electrons. The van der Waals surface area contributed by atoms with Crippen LogP contribution in [0, 0.1) is 6.92 Å². The van der Waals surface area contributed by atoms with Crippen LogP contribution in [0.4, 0.5) is 5.82 Å². The summed E-state index contributed by atoms with van der Waals surface area (Å²) in [6.45, 7) is 4.46. The van der Waals surface area contributed by atoms with E-state index in [4.69, 9.17) is 18.0 Å². The second-order valence-electron chi connectivity index (χ2n) is 5.50. The monoisotopic (exact) mass is 276 g/mol. The number of nitrogens with zero attached hydrogens (tertiary/aromatic N) is 2. The molecule has 0 saturated carbocycles. The van der Waals surface area contributed by atoms with Gasteiger partial charge in [0.1, 0.15) is 10.8 Å². The van der Waals surface area contributed by atoms with Crippen molar-refractivity contribution in [2.24, 2.45) is 5.73 Å². The molecule has 2 fully saturated rings. The molecule has 19 heavy (non-hydrogen) atoms. The molecule has 0 aromatic carbocycles. The number of hydrogen-bond donors (Lipinski definition) is 2. The summed E-state index contributed by atoms with van der Waals surface area (Å²) in [4.78, 5) is 7.44. The molecule has 4 nitrogen and oxygen atoms in total. The lowest BCUT2D eigenvalue weighted by Crippen LogP contribution is -2.34. The third-order valence-electron chi connectivity index (χ3n) is 4.33. The molecule has 5 heteroatoms. The summed E-state index contributed by atoms with van der Waals surface area (Å²) in [5, 5.41) is 3.58. The summed E-state index contributed by atoms with van der Waals surface area (Å²) in [5.41, 5.74) is 7.82. The van der Waals surface area contributed by atoms with E-state index < -0.39 is 0 Å². The summed E-state index contributed by atoms with van der Waals surface area (Å²) in [5.74, 6) is 0.853. The molecule has 3 N–H and O–H groups in total. The Morgan fingerprint density at radius 1 is 1.47 bits per heavy atom. The van der Waals surface area contributed by atoms with Crippen LogP contribution in [-0.4, -0.2) is 40.0 Å². The Morgan fingerprint density at radius 2 is 2.32 bits per heavy atom. The zero-order valence-corrected chi connectivity index (χ0v) is 12.0. The standard InChI is InChI=1S/C14H20N4S/c1-9-4-6-16-14(12(9)13(15)19)17-10-5-8-18-7-2-3-11(10)18/h4,6,10-11H,2-3,5,7-8H2,1H3,(H2,15,19)(H,16,17). The van der Waals surface area contributed by atoms with Crippen LogP contribution in [-0.2, 0) is 0 Å². The van der Waals surface area contributed by atoms with E-state index in [1.165, 1.54) is 32.4 Å². The minimum absolute atomic E-state index is 0.425. The number of pyridine rings is 1. The number of fused-ring (bicyclic) bond motifs is 1. The predicted molar refractivity (Wildman–Crippen MR) is 81.5 cm³/mol. The van der Waals surface area contributed by atoms with E-state index in [2.05, 4.69) is 15.2 Å². The Hall–Kier alpha value is -1.20. The van der Waals surface area contributed by atoms with Gasteiger partial charge in [-0.1, -0.05) is 12.2 Å². The van der Waals surface area contributed by atoms with E-state index in [0.717, 1.165) is 16.9 Å². The molecule has 102 valence electrons. The lowest BCUT2D eigenvalue weighted by atomic mass is 10.1. The van der Waals surface area contributed by atoms with Crippen molar-refractivity contribution in [1.29, 1.82) is 0 Å². The van der Waals surface area contributed by atoms with Crippen molar-refractivity contribution in [1.82, 2.24) is 9.88 Å². The van der Waals surface area contributed by atoms with Gasteiger partial charge >= 0.3 is 0 Å². The van der Waals surface area contributed by atoms with Gasteiger partial charge in [-0.25, -0.2) is 4.98 Å². The van der Waals surface area contributed by atoms with E-state index in [9.17, 15) is 0 Å². The predicted octanol–water partition coefficient (Wildman–Crippen LogP) is 1.67. The molecule has 2 unspecified atom stereocenters. The van der Waals surface area contributed by atoms with E-state index >= 15 is 0 Å². The van der Waals surface area contributed by atoms with Gasteiger partial charge in [-0.2, -0.15) is 0 Å². The zero-order valence-electron chi connectivity index (χ0n) is 11.2. The highest BCUT2D eigenvalue weighted by Crippen LogP contribution is 2.30. The van der Waals surface area contributed by atoms with Crippen molar-refractivity contribution in [2.45, 2.75) is 38.3 Å². The maximum absolute atomic E-state index is 5.84. The van der Waals surface area contributed by atoms with Crippen LogP contribution in [0.25, 0.3) is 0 Å². The van der Waals surface area contributed by atoms with Gasteiger partial charge in [-0.3, -0.25) is 4.90 Å². The van der Waals surface area contributed by atoms with Gasteiger partial charge in [0.25, 0.3) is 0 Å². The first-order valence-electron chi connectivity index (χ1n) is 6.93. The fourth-order valence-electron chi connectivity index (χ4n) is 3.41. The number of hydrogen-bond acceptors (Lipinski definition) is 4. The Kier molecular flexibility index (Phi) is 3.41. The van der Waals surface area contributed by atoms with Crippen molar-refractivity contribution in [3.63, 3.8) is 0 Å².